The molecule has 1 fully saturated rings. The van der Waals surface area contributed by atoms with Crippen LogP contribution in [0.3, 0.4) is 0 Å². The number of carbonyl (C=O) groups is 1. The predicted molar refractivity (Wildman–Crippen MR) is 91.9 cm³/mol. The van der Waals surface area contributed by atoms with Crippen molar-refractivity contribution in [2.24, 2.45) is 0 Å². The Morgan fingerprint density at radius 3 is 3.13 bits per heavy atom. The first kappa shape index (κ1) is 16.0. The number of amides is 1. The van der Waals surface area contributed by atoms with Crippen molar-refractivity contribution in [1.29, 1.82) is 0 Å². The van der Waals surface area contributed by atoms with E-state index < -0.39 is 0 Å². The molecule has 1 aliphatic heterocycles. The van der Waals surface area contributed by atoms with Crippen LogP contribution >= 0.6 is 11.3 Å². The van der Waals surface area contributed by atoms with E-state index in [1.807, 2.05) is 30.5 Å². The predicted octanol–water partition coefficient (Wildman–Crippen LogP) is 2.34. The lowest BCUT2D eigenvalue weighted by Crippen LogP contribution is -2.39. The zero-order valence-corrected chi connectivity index (χ0v) is 14.0. The zero-order valence-electron chi connectivity index (χ0n) is 13.2. The number of aliphatic hydroxyl groups excluding tert-OH is 1. The third kappa shape index (κ3) is 3.71. The Bertz CT molecular complexity index is 686. The highest BCUT2D eigenvalue weighted by Crippen LogP contribution is 2.22. The molecule has 0 aromatic carbocycles. The first-order valence-corrected chi connectivity index (χ1v) is 8.72. The Labute approximate surface area is 140 Å². The Morgan fingerprint density at radius 1 is 1.52 bits per heavy atom. The second kappa shape index (κ2) is 7.10. The Kier molecular flexibility index (Phi) is 4.93. The van der Waals surface area contributed by atoms with E-state index in [-0.39, 0.29) is 12.0 Å². The normalized spacial score (nSPS) is 18.0. The molecule has 2 aromatic heterocycles. The molecule has 0 spiro atoms. The summed E-state index contributed by atoms with van der Waals surface area (Å²) in [5, 5.41) is 14.8. The molecule has 5 nitrogen and oxygen atoms in total. The van der Waals surface area contributed by atoms with E-state index in [9.17, 15) is 9.90 Å². The largest absolute Gasteiger partial charge is 0.391 e. The third-order valence-corrected chi connectivity index (χ3v) is 5.09. The second-order valence-electron chi connectivity index (χ2n) is 5.84. The van der Waals surface area contributed by atoms with Gasteiger partial charge in [-0.25, -0.2) is 4.98 Å². The van der Waals surface area contributed by atoms with Crippen LogP contribution in [0.2, 0.25) is 0 Å². The summed E-state index contributed by atoms with van der Waals surface area (Å²) in [6, 6.07) is 5.80. The van der Waals surface area contributed by atoms with Crippen molar-refractivity contribution < 1.29 is 9.90 Å². The van der Waals surface area contributed by atoms with Crippen molar-refractivity contribution in [2.45, 2.75) is 32.4 Å². The average molecular weight is 331 g/mol. The van der Waals surface area contributed by atoms with Gasteiger partial charge in [-0.15, -0.1) is 11.3 Å². The molecule has 0 radical (unpaired) electrons. The molecule has 0 unspecified atom stereocenters. The number of aryl methyl sites for hydroxylation is 1. The van der Waals surface area contributed by atoms with Crippen LogP contribution < -0.4 is 10.2 Å². The van der Waals surface area contributed by atoms with E-state index in [2.05, 4.69) is 15.2 Å². The standard InChI is InChI=1S/C17H21N3O2S/c1-12-6-9-23-15(12)17(22)19-10-13-4-2-7-18-16(13)20-8-3-5-14(21)11-20/h2,4,6-7,9,14,21H,3,5,8,10-11H2,1H3,(H,19,22)/t14-/m1/s1. The first-order chi connectivity index (χ1) is 11.1. The molecule has 1 atom stereocenters. The van der Waals surface area contributed by atoms with Crippen molar-refractivity contribution in [3.8, 4) is 0 Å². The molecule has 6 heteroatoms. The molecule has 2 N–H and O–H groups in total. The molecule has 1 aliphatic rings. The van der Waals surface area contributed by atoms with E-state index in [1.54, 1.807) is 6.20 Å². The summed E-state index contributed by atoms with van der Waals surface area (Å²) in [5.41, 5.74) is 1.97. The lowest BCUT2D eigenvalue weighted by atomic mass is 10.1. The summed E-state index contributed by atoms with van der Waals surface area (Å²) in [7, 11) is 0. The molecule has 0 saturated carbocycles. The number of aromatic nitrogens is 1. The van der Waals surface area contributed by atoms with Crippen molar-refractivity contribution in [3.05, 3.63) is 45.8 Å². The molecule has 2 aromatic rings. The fourth-order valence-corrected chi connectivity index (χ4v) is 3.70. The van der Waals surface area contributed by atoms with Crippen LogP contribution in [0.4, 0.5) is 5.82 Å². The number of carbonyl (C=O) groups excluding carboxylic acids is 1. The third-order valence-electron chi connectivity index (χ3n) is 4.07. The summed E-state index contributed by atoms with van der Waals surface area (Å²) >= 11 is 1.45. The number of β-amino-alcohol motifs (C(OH)–C–C–N with tert-alkyl or cyclic N) is 1. The molecule has 1 amide bonds. The van der Waals surface area contributed by atoms with Crippen molar-refractivity contribution in [2.75, 3.05) is 18.0 Å². The molecule has 23 heavy (non-hydrogen) atoms. The Morgan fingerprint density at radius 2 is 2.39 bits per heavy atom. The number of pyridine rings is 1. The van der Waals surface area contributed by atoms with E-state index in [0.29, 0.717) is 13.1 Å². The number of aliphatic hydroxyl groups is 1. The summed E-state index contributed by atoms with van der Waals surface area (Å²) in [4.78, 5) is 19.6. The number of anilines is 1. The number of rotatable bonds is 4. The molecule has 3 rings (SSSR count). The van der Waals surface area contributed by atoms with Crippen LogP contribution in [0.15, 0.2) is 29.8 Å². The van der Waals surface area contributed by atoms with Gasteiger partial charge in [-0.2, -0.15) is 0 Å². The summed E-state index contributed by atoms with van der Waals surface area (Å²) in [6.45, 7) is 3.86. The maximum Gasteiger partial charge on any atom is 0.261 e. The minimum atomic E-state index is -0.304. The molecule has 0 aliphatic carbocycles. The maximum absolute atomic E-state index is 12.3. The summed E-state index contributed by atoms with van der Waals surface area (Å²) < 4.78 is 0. The number of hydrogen-bond acceptors (Lipinski definition) is 5. The van der Waals surface area contributed by atoms with Gasteiger partial charge < -0.3 is 15.3 Å². The lowest BCUT2D eigenvalue weighted by Gasteiger charge is -2.32. The number of hydrogen-bond donors (Lipinski definition) is 2. The lowest BCUT2D eigenvalue weighted by molar-refractivity contribution is 0.0954. The molecule has 1 saturated heterocycles. The average Bonchev–Trinajstić information content (AvgIpc) is 2.99. The van der Waals surface area contributed by atoms with Gasteiger partial charge >= 0.3 is 0 Å². The van der Waals surface area contributed by atoms with Crippen molar-refractivity contribution in [1.82, 2.24) is 10.3 Å². The second-order valence-corrected chi connectivity index (χ2v) is 6.76. The molecular weight excluding hydrogens is 310 g/mol. The van der Waals surface area contributed by atoms with Crippen molar-refractivity contribution in [3.63, 3.8) is 0 Å². The number of nitrogens with one attached hydrogen (secondary N) is 1. The van der Waals surface area contributed by atoms with Crippen LogP contribution in [-0.4, -0.2) is 35.2 Å². The SMILES string of the molecule is Cc1ccsc1C(=O)NCc1cccnc1N1CCC[C@@H](O)C1. The smallest absolute Gasteiger partial charge is 0.261 e. The van der Waals surface area contributed by atoms with E-state index in [4.69, 9.17) is 0 Å². The summed E-state index contributed by atoms with van der Waals surface area (Å²) in [6.07, 6.45) is 3.25. The highest BCUT2D eigenvalue weighted by molar-refractivity contribution is 7.12. The van der Waals surface area contributed by atoms with Gasteiger partial charge in [-0.1, -0.05) is 6.07 Å². The van der Waals surface area contributed by atoms with Crippen LogP contribution in [0.1, 0.15) is 33.6 Å². The van der Waals surface area contributed by atoms with Crippen LogP contribution in [0.25, 0.3) is 0 Å². The van der Waals surface area contributed by atoms with Gasteiger partial charge in [0.2, 0.25) is 0 Å². The van der Waals surface area contributed by atoms with Gasteiger partial charge in [0.1, 0.15) is 5.82 Å². The highest BCUT2D eigenvalue weighted by Gasteiger charge is 2.21. The fourth-order valence-electron chi connectivity index (χ4n) is 2.86. The summed E-state index contributed by atoms with van der Waals surface area (Å²) in [5.74, 6) is 0.806. The van der Waals surface area contributed by atoms with E-state index >= 15 is 0 Å². The van der Waals surface area contributed by atoms with Crippen LogP contribution in [0.5, 0.6) is 0 Å². The van der Waals surface area contributed by atoms with Gasteiger partial charge in [-0.05, 0) is 42.8 Å². The minimum Gasteiger partial charge on any atom is -0.391 e. The van der Waals surface area contributed by atoms with Crippen LogP contribution in [-0.2, 0) is 6.54 Å². The van der Waals surface area contributed by atoms with Crippen LogP contribution in [0, 0.1) is 6.92 Å². The molecule has 122 valence electrons. The van der Waals surface area contributed by atoms with E-state index in [1.165, 1.54) is 11.3 Å². The van der Waals surface area contributed by atoms with Gasteiger partial charge in [0.15, 0.2) is 0 Å². The topological polar surface area (TPSA) is 65.5 Å². The molecule has 0 bridgehead atoms. The molecule has 3 heterocycles. The number of nitrogens with zero attached hydrogens (tertiary/aromatic N) is 2. The maximum atomic E-state index is 12.3. The van der Waals surface area contributed by atoms with Gasteiger partial charge in [-0.3, -0.25) is 4.79 Å². The van der Waals surface area contributed by atoms with E-state index in [0.717, 1.165) is 41.2 Å². The van der Waals surface area contributed by atoms with Gasteiger partial charge in [0.25, 0.3) is 5.91 Å². The highest BCUT2D eigenvalue weighted by atomic mass is 32.1. The number of piperidine rings is 1. The van der Waals surface area contributed by atoms with Gasteiger partial charge in [0, 0.05) is 31.4 Å². The van der Waals surface area contributed by atoms with Gasteiger partial charge in [0.05, 0.1) is 11.0 Å². The Hall–Kier alpha value is -1.92. The fraction of sp³-hybridized carbons (Fsp3) is 0.412. The first-order valence-electron chi connectivity index (χ1n) is 7.84. The Balaban J connectivity index is 1.71. The quantitative estimate of drug-likeness (QED) is 0.902. The number of thiophene rings is 1. The van der Waals surface area contributed by atoms with Crippen molar-refractivity contribution >= 4 is 23.1 Å². The monoisotopic (exact) mass is 331 g/mol. The minimum absolute atomic E-state index is 0.0500. The molecular formula is C17H21N3O2S. The zero-order chi connectivity index (χ0) is 16.2.